The van der Waals surface area contributed by atoms with Gasteiger partial charge in [0.05, 0.1) is 5.56 Å². The van der Waals surface area contributed by atoms with Gasteiger partial charge in [-0.15, -0.1) is 11.3 Å². The molecule has 1 aromatic rings. The summed E-state index contributed by atoms with van der Waals surface area (Å²) < 4.78 is 0. The van der Waals surface area contributed by atoms with Gasteiger partial charge >= 0.3 is 0 Å². The Morgan fingerprint density at radius 1 is 1.59 bits per heavy atom. The van der Waals surface area contributed by atoms with Gasteiger partial charge < -0.3 is 10.6 Å². The first-order valence-corrected chi connectivity index (χ1v) is 7.09. The number of nitrogens with one attached hydrogen (secondary N) is 2. The Morgan fingerprint density at radius 3 is 3.12 bits per heavy atom. The molecule has 1 aliphatic heterocycles. The smallest absolute Gasteiger partial charge is 0.107 e. The molecule has 17 heavy (non-hydrogen) atoms. The third-order valence-electron chi connectivity index (χ3n) is 3.14. The average molecular weight is 249 g/mol. The fourth-order valence-electron chi connectivity index (χ4n) is 2.28. The molecule has 1 unspecified atom stereocenters. The van der Waals surface area contributed by atoms with Crippen molar-refractivity contribution in [1.29, 1.82) is 5.26 Å². The number of fused-ring (bicyclic) bond motifs is 1. The highest BCUT2D eigenvalue weighted by Gasteiger charge is 2.20. The number of thiophene rings is 1. The fraction of sp³-hybridized carbons (Fsp3) is 0.615. The molecule has 2 rings (SSSR count). The zero-order valence-corrected chi connectivity index (χ0v) is 11.3. The maximum atomic E-state index is 9.30. The van der Waals surface area contributed by atoms with Crippen molar-refractivity contribution in [3.63, 3.8) is 0 Å². The molecule has 4 heteroatoms. The summed E-state index contributed by atoms with van der Waals surface area (Å²) in [6.45, 7) is 6.27. The van der Waals surface area contributed by atoms with Crippen LogP contribution in [0.2, 0.25) is 0 Å². The fourth-order valence-corrected chi connectivity index (χ4v) is 3.56. The summed E-state index contributed by atoms with van der Waals surface area (Å²) in [5, 5.41) is 17.2. The van der Waals surface area contributed by atoms with Crippen molar-refractivity contribution in [2.45, 2.75) is 45.7 Å². The normalized spacial score (nSPS) is 16.1. The Hall–Kier alpha value is -1.05. The van der Waals surface area contributed by atoms with Crippen LogP contribution in [0.1, 0.15) is 42.7 Å². The zero-order valence-electron chi connectivity index (χ0n) is 10.5. The van der Waals surface area contributed by atoms with E-state index in [1.165, 1.54) is 16.9 Å². The lowest BCUT2D eigenvalue weighted by Gasteiger charge is -2.13. The van der Waals surface area contributed by atoms with Crippen LogP contribution >= 0.6 is 11.3 Å². The summed E-state index contributed by atoms with van der Waals surface area (Å²) in [7, 11) is 0. The molecule has 0 fully saturated rings. The third kappa shape index (κ3) is 2.62. The summed E-state index contributed by atoms with van der Waals surface area (Å²) in [5.74, 6) is 0. The highest BCUT2D eigenvalue weighted by molar-refractivity contribution is 7.16. The summed E-state index contributed by atoms with van der Waals surface area (Å²) in [4.78, 5) is 1.33. The summed E-state index contributed by atoms with van der Waals surface area (Å²) >= 11 is 1.74. The van der Waals surface area contributed by atoms with Crippen molar-refractivity contribution in [1.82, 2.24) is 5.32 Å². The van der Waals surface area contributed by atoms with E-state index < -0.39 is 0 Å². The zero-order chi connectivity index (χ0) is 12.3. The first kappa shape index (κ1) is 12.4. The summed E-state index contributed by atoms with van der Waals surface area (Å²) in [6.07, 6.45) is 3.30. The van der Waals surface area contributed by atoms with Crippen LogP contribution in [0.5, 0.6) is 0 Å². The highest BCUT2D eigenvalue weighted by Crippen LogP contribution is 2.35. The molecule has 3 nitrogen and oxygen atoms in total. The van der Waals surface area contributed by atoms with Gasteiger partial charge in [0.1, 0.15) is 11.1 Å². The van der Waals surface area contributed by atoms with Gasteiger partial charge in [-0.2, -0.15) is 5.26 Å². The van der Waals surface area contributed by atoms with E-state index in [2.05, 4.69) is 30.6 Å². The van der Waals surface area contributed by atoms with Crippen molar-refractivity contribution in [3.05, 3.63) is 16.0 Å². The molecule has 0 radical (unpaired) electrons. The van der Waals surface area contributed by atoms with E-state index in [1.807, 2.05) is 0 Å². The van der Waals surface area contributed by atoms with Crippen LogP contribution in [0.3, 0.4) is 0 Å². The molecule has 2 N–H and O–H groups in total. The van der Waals surface area contributed by atoms with E-state index in [9.17, 15) is 5.26 Å². The van der Waals surface area contributed by atoms with Crippen LogP contribution in [0.4, 0.5) is 5.00 Å². The summed E-state index contributed by atoms with van der Waals surface area (Å²) in [6, 6.07) is 2.82. The largest absolute Gasteiger partial charge is 0.373 e. The van der Waals surface area contributed by atoms with Gasteiger partial charge in [-0.05, 0) is 31.9 Å². The second kappa shape index (κ2) is 5.52. The van der Waals surface area contributed by atoms with Crippen LogP contribution < -0.4 is 10.6 Å². The first-order valence-electron chi connectivity index (χ1n) is 6.28. The van der Waals surface area contributed by atoms with Gasteiger partial charge in [-0.25, -0.2) is 0 Å². The standard InChI is InChI=1S/C13H19N3S/c1-3-4-9(2)16-13-11(7-14)10-5-6-15-8-12(10)17-13/h9,15-16H,3-6,8H2,1-2H3. The van der Waals surface area contributed by atoms with E-state index in [0.29, 0.717) is 6.04 Å². The van der Waals surface area contributed by atoms with Gasteiger partial charge in [0, 0.05) is 17.5 Å². The number of nitriles is 1. The number of hydrogen-bond donors (Lipinski definition) is 2. The molecule has 0 aromatic carbocycles. The summed E-state index contributed by atoms with van der Waals surface area (Å²) in [5.41, 5.74) is 2.15. The molecule has 0 saturated heterocycles. The van der Waals surface area contributed by atoms with Crippen LogP contribution in [-0.4, -0.2) is 12.6 Å². The van der Waals surface area contributed by atoms with Gasteiger partial charge in [0.2, 0.25) is 0 Å². The van der Waals surface area contributed by atoms with Crippen LogP contribution in [0, 0.1) is 11.3 Å². The molecule has 2 heterocycles. The Morgan fingerprint density at radius 2 is 2.41 bits per heavy atom. The minimum absolute atomic E-state index is 0.445. The monoisotopic (exact) mass is 249 g/mol. The van der Waals surface area contributed by atoms with Crippen molar-refractivity contribution in [2.24, 2.45) is 0 Å². The number of nitrogens with zero attached hydrogens (tertiary/aromatic N) is 1. The van der Waals surface area contributed by atoms with E-state index in [-0.39, 0.29) is 0 Å². The van der Waals surface area contributed by atoms with Gasteiger partial charge in [0.25, 0.3) is 0 Å². The maximum Gasteiger partial charge on any atom is 0.107 e. The second-order valence-electron chi connectivity index (χ2n) is 4.58. The van der Waals surface area contributed by atoms with Crippen molar-refractivity contribution >= 4 is 16.3 Å². The Balaban J connectivity index is 2.22. The molecule has 0 saturated carbocycles. The molecule has 1 atom stereocenters. The van der Waals surface area contributed by atoms with Crippen LogP contribution in [-0.2, 0) is 13.0 Å². The maximum absolute atomic E-state index is 9.30. The third-order valence-corrected chi connectivity index (χ3v) is 4.30. The molecule has 1 aromatic heterocycles. The molecule has 0 spiro atoms. The van der Waals surface area contributed by atoms with Crippen LogP contribution in [0.25, 0.3) is 0 Å². The molecular weight excluding hydrogens is 230 g/mol. The predicted octanol–water partition coefficient (Wildman–Crippen LogP) is 2.87. The molecular formula is C13H19N3S. The van der Waals surface area contributed by atoms with Gasteiger partial charge in [-0.1, -0.05) is 13.3 Å². The number of rotatable bonds is 4. The average Bonchev–Trinajstić information content (AvgIpc) is 2.66. The number of anilines is 1. The van der Waals surface area contributed by atoms with Crippen LogP contribution in [0.15, 0.2) is 0 Å². The Kier molecular flexibility index (Phi) is 4.03. The minimum Gasteiger partial charge on any atom is -0.373 e. The van der Waals surface area contributed by atoms with E-state index >= 15 is 0 Å². The van der Waals surface area contributed by atoms with E-state index in [4.69, 9.17) is 0 Å². The number of hydrogen-bond acceptors (Lipinski definition) is 4. The highest BCUT2D eigenvalue weighted by atomic mass is 32.1. The Labute approximate surface area is 107 Å². The molecule has 1 aliphatic rings. The lowest BCUT2D eigenvalue weighted by Crippen LogP contribution is -2.22. The minimum atomic E-state index is 0.445. The molecule has 0 amide bonds. The molecule has 0 bridgehead atoms. The van der Waals surface area contributed by atoms with Crippen molar-refractivity contribution < 1.29 is 0 Å². The van der Waals surface area contributed by atoms with Crippen molar-refractivity contribution in [3.8, 4) is 6.07 Å². The lowest BCUT2D eigenvalue weighted by atomic mass is 10.0. The quantitative estimate of drug-likeness (QED) is 0.862. The first-order chi connectivity index (χ1) is 8.26. The second-order valence-corrected chi connectivity index (χ2v) is 5.69. The van der Waals surface area contributed by atoms with Gasteiger partial charge in [0.15, 0.2) is 0 Å². The lowest BCUT2D eigenvalue weighted by molar-refractivity contribution is 0.653. The Bertz CT molecular complexity index is 431. The van der Waals surface area contributed by atoms with Crippen molar-refractivity contribution in [2.75, 3.05) is 11.9 Å². The molecule has 0 aliphatic carbocycles. The van der Waals surface area contributed by atoms with E-state index in [0.717, 1.165) is 36.5 Å². The van der Waals surface area contributed by atoms with Gasteiger partial charge in [-0.3, -0.25) is 0 Å². The van der Waals surface area contributed by atoms with E-state index in [1.54, 1.807) is 11.3 Å². The topological polar surface area (TPSA) is 47.9 Å². The predicted molar refractivity (Wildman–Crippen MR) is 72.4 cm³/mol. The molecule has 92 valence electrons. The SMILES string of the molecule is CCCC(C)Nc1sc2c(c1C#N)CCNC2.